The summed E-state index contributed by atoms with van der Waals surface area (Å²) in [5.41, 5.74) is 0. The van der Waals surface area contributed by atoms with E-state index in [0.29, 0.717) is 23.3 Å². The van der Waals surface area contributed by atoms with Crippen LogP contribution in [0.4, 0.5) is 0 Å². The van der Waals surface area contributed by atoms with Crippen molar-refractivity contribution >= 4 is 9.84 Å². The molecule has 0 aliphatic heterocycles. The summed E-state index contributed by atoms with van der Waals surface area (Å²) in [6, 6.07) is 7.35. The van der Waals surface area contributed by atoms with E-state index in [-0.39, 0.29) is 0 Å². The van der Waals surface area contributed by atoms with Gasteiger partial charge in [-0.25, -0.2) is 8.42 Å². The predicted molar refractivity (Wildman–Crippen MR) is 89.1 cm³/mol. The summed E-state index contributed by atoms with van der Waals surface area (Å²) >= 11 is 0. The highest BCUT2D eigenvalue weighted by molar-refractivity contribution is 7.92. The Labute approximate surface area is 134 Å². The third-order valence-corrected chi connectivity index (χ3v) is 6.35. The third kappa shape index (κ3) is 4.71. The Balaban J connectivity index is 1.77. The maximum Gasteiger partial charge on any atom is 0.180 e. The van der Waals surface area contributed by atoms with Crippen molar-refractivity contribution in [2.75, 3.05) is 13.2 Å². The first-order chi connectivity index (χ1) is 10.5. The predicted octanol–water partition coefficient (Wildman–Crippen LogP) is 3.17. The van der Waals surface area contributed by atoms with Crippen LogP contribution in [0.15, 0.2) is 29.2 Å². The van der Waals surface area contributed by atoms with Gasteiger partial charge in [-0.2, -0.15) is 0 Å². The van der Waals surface area contributed by atoms with Gasteiger partial charge in [0.25, 0.3) is 0 Å². The van der Waals surface area contributed by atoms with Gasteiger partial charge in [-0.15, -0.1) is 0 Å². The molecule has 0 unspecified atom stereocenters. The van der Waals surface area contributed by atoms with Gasteiger partial charge in [0.05, 0.1) is 10.1 Å². The minimum atomic E-state index is -3.20. The molecule has 1 saturated carbocycles. The second kappa shape index (κ2) is 7.97. The van der Waals surface area contributed by atoms with Gasteiger partial charge in [-0.05, 0) is 51.0 Å². The van der Waals surface area contributed by atoms with Crippen molar-refractivity contribution in [1.29, 1.82) is 0 Å². The molecule has 0 saturated heterocycles. The Hall–Kier alpha value is -1.07. The average molecular weight is 325 g/mol. The Morgan fingerprint density at radius 2 is 1.77 bits per heavy atom. The number of hydrogen-bond acceptors (Lipinski definition) is 4. The quantitative estimate of drug-likeness (QED) is 0.782. The van der Waals surface area contributed by atoms with Crippen LogP contribution in [0, 0.1) is 0 Å². The molecule has 1 aliphatic carbocycles. The van der Waals surface area contributed by atoms with E-state index in [1.54, 1.807) is 38.1 Å². The fourth-order valence-electron chi connectivity index (χ4n) is 2.74. The van der Waals surface area contributed by atoms with E-state index < -0.39 is 15.1 Å². The molecule has 5 heteroatoms. The number of rotatable bonds is 7. The molecule has 4 nitrogen and oxygen atoms in total. The lowest BCUT2D eigenvalue weighted by Crippen LogP contribution is -2.34. The molecule has 124 valence electrons. The zero-order valence-electron chi connectivity index (χ0n) is 13.5. The van der Waals surface area contributed by atoms with Crippen LogP contribution in [0.2, 0.25) is 0 Å². The highest BCUT2D eigenvalue weighted by atomic mass is 32.2. The first kappa shape index (κ1) is 17.3. The molecule has 1 aromatic carbocycles. The van der Waals surface area contributed by atoms with Crippen LogP contribution in [0.3, 0.4) is 0 Å². The summed E-state index contributed by atoms with van der Waals surface area (Å²) in [5, 5.41) is 3.12. The molecule has 0 spiro atoms. The monoisotopic (exact) mass is 325 g/mol. The number of sulfone groups is 1. The lowest BCUT2D eigenvalue weighted by molar-refractivity contribution is 0.289. The van der Waals surface area contributed by atoms with Gasteiger partial charge >= 0.3 is 0 Å². The van der Waals surface area contributed by atoms with E-state index in [4.69, 9.17) is 4.74 Å². The smallest absolute Gasteiger partial charge is 0.180 e. The van der Waals surface area contributed by atoms with Gasteiger partial charge < -0.3 is 10.1 Å². The fourth-order valence-corrected chi connectivity index (χ4v) is 3.80. The van der Waals surface area contributed by atoms with Gasteiger partial charge in [-0.1, -0.05) is 19.3 Å². The maximum absolute atomic E-state index is 12.0. The van der Waals surface area contributed by atoms with Crippen LogP contribution < -0.4 is 10.1 Å². The summed E-state index contributed by atoms with van der Waals surface area (Å²) in [6.07, 6.45) is 6.54. The maximum atomic E-state index is 12.0. The van der Waals surface area contributed by atoms with Crippen LogP contribution in [-0.4, -0.2) is 32.9 Å². The molecule has 0 bridgehead atoms. The summed E-state index contributed by atoms with van der Waals surface area (Å²) in [4.78, 5) is 0.357. The number of hydrogen-bond donors (Lipinski definition) is 1. The highest BCUT2D eigenvalue weighted by Crippen LogP contribution is 2.20. The van der Waals surface area contributed by atoms with Crippen molar-refractivity contribution in [3.05, 3.63) is 24.3 Å². The van der Waals surface area contributed by atoms with E-state index in [1.807, 2.05) is 0 Å². The molecule has 22 heavy (non-hydrogen) atoms. The summed E-state index contributed by atoms with van der Waals surface area (Å²) in [7, 11) is -3.20. The number of ether oxygens (including phenoxy) is 1. The largest absolute Gasteiger partial charge is 0.492 e. The van der Waals surface area contributed by atoms with Gasteiger partial charge in [0, 0.05) is 12.6 Å². The molecule has 1 N–H and O–H groups in total. The number of benzene rings is 1. The van der Waals surface area contributed by atoms with Crippen LogP contribution in [-0.2, 0) is 9.84 Å². The van der Waals surface area contributed by atoms with Gasteiger partial charge in [0.15, 0.2) is 9.84 Å². The van der Waals surface area contributed by atoms with Crippen LogP contribution in [0.25, 0.3) is 0 Å². The topological polar surface area (TPSA) is 55.4 Å². The van der Waals surface area contributed by atoms with Crippen LogP contribution in [0.5, 0.6) is 5.75 Å². The minimum absolute atomic E-state index is 0.357. The van der Waals surface area contributed by atoms with E-state index >= 15 is 0 Å². The highest BCUT2D eigenvalue weighted by Gasteiger charge is 2.18. The molecule has 1 aromatic rings. The Morgan fingerprint density at radius 1 is 1.14 bits per heavy atom. The lowest BCUT2D eigenvalue weighted by Gasteiger charge is -2.22. The van der Waals surface area contributed by atoms with Crippen molar-refractivity contribution in [3.8, 4) is 5.75 Å². The Bertz CT molecular complexity index is 546. The summed E-state index contributed by atoms with van der Waals surface area (Å²) in [6.45, 7) is 4.82. The molecule has 0 radical (unpaired) electrons. The van der Waals surface area contributed by atoms with Gasteiger partial charge in [0.2, 0.25) is 0 Å². The van der Waals surface area contributed by atoms with E-state index in [1.165, 1.54) is 32.1 Å². The van der Waals surface area contributed by atoms with Crippen LogP contribution in [0.1, 0.15) is 46.0 Å². The average Bonchev–Trinajstić information content (AvgIpc) is 2.53. The third-order valence-electron chi connectivity index (χ3n) is 4.18. The van der Waals surface area contributed by atoms with Crippen molar-refractivity contribution in [2.24, 2.45) is 0 Å². The van der Waals surface area contributed by atoms with Crippen molar-refractivity contribution in [1.82, 2.24) is 5.32 Å². The van der Waals surface area contributed by atoms with Crippen molar-refractivity contribution in [3.63, 3.8) is 0 Å². The zero-order valence-corrected chi connectivity index (χ0v) is 14.4. The first-order valence-corrected chi connectivity index (χ1v) is 9.75. The van der Waals surface area contributed by atoms with Crippen molar-refractivity contribution in [2.45, 2.75) is 62.1 Å². The van der Waals surface area contributed by atoms with Crippen LogP contribution >= 0.6 is 0 Å². The molecule has 0 amide bonds. The molecular weight excluding hydrogens is 298 g/mol. The molecule has 0 atom stereocenters. The SMILES string of the molecule is CC(C)S(=O)(=O)c1ccc(OCCNC2CCCCC2)cc1. The summed E-state index contributed by atoms with van der Waals surface area (Å²) < 4.78 is 29.7. The second-order valence-electron chi connectivity index (χ2n) is 6.20. The first-order valence-electron chi connectivity index (χ1n) is 8.20. The molecule has 1 aliphatic rings. The Kier molecular flexibility index (Phi) is 6.26. The van der Waals surface area contributed by atoms with E-state index in [9.17, 15) is 8.42 Å². The normalized spacial score (nSPS) is 16.9. The van der Waals surface area contributed by atoms with Gasteiger partial charge in [0.1, 0.15) is 12.4 Å². The molecule has 0 aromatic heterocycles. The minimum Gasteiger partial charge on any atom is -0.492 e. The second-order valence-corrected chi connectivity index (χ2v) is 8.71. The zero-order chi connectivity index (χ0) is 16.0. The van der Waals surface area contributed by atoms with Crippen molar-refractivity contribution < 1.29 is 13.2 Å². The molecule has 2 rings (SSSR count). The molecular formula is C17H27NO3S. The summed E-state index contributed by atoms with van der Waals surface area (Å²) in [5.74, 6) is 0.716. The van der Waals surface area contributed by atoms with Gasteiger partial charge in [-0.3, -0.25) is 0 Å². The number of nitrogens with one attached hydrogen (secondary N) is 1. The van der Waals surface area contributed by atoms with E-state index in [2.05, 4.69) is 5.32 Å². The molecule has 1 fully saturated rings. The fraction of sp³-hybridized carbons (Fsp3) is 0.647. The van der Waals surface area contributed by atoms with E-state index in [0.717, 1.165) is 6.54 Å². The lowest BCUT2D eigenvalue weighted by atomic mass is 9.96. The standard InChI is InChI=1S/C17H27NO3S/c1-14(2)22(19,20)17-10-8-16(9-11-17)21-13-12-18-15-6-4-3-5-7-15/h8-11,14-15,18H,3-7,12-13H2,1-2H3. The molecule has 0 heterocycles. The Morgan fingerprint density at radius 3 is 2.36 bits per heavy atom.